The van der Waals surface area contributed by atoms with Crippen LogP contribution in [-0.4, -0.2) is 0 Å². The zero-order valence-corrected chi connectivity index (χ0v) is 30.9. The molecule has 0 unspecified atom stereocenters. The molecule has 8 aromatic rings. The summed E-state index contributed by atoms with van der Waals surface area (Å²) in [6.07, 6.45) is 0.887. The zero-order valence-electron chi connectivity index (χ0n) is 29.2. The Morgan fingerprint density at radius 3 is 0.942 bits per heavy atom. The van der Waals surface area contributed by atoms with Crippen LogP contribution in [0.2, 0.25) is 0 Å². The summed E-state index contributed by atoms with van der Waals surface area (Å²) in [7, 11) is 0. The van der Waals surface area contributed by atoms with Gasteiger partial charge in [0.1, 0.15) is 10.0 Å². The summed E-state index contributed by atoms with van der Waals surface area (Å²) in [5.41, 5.74) is 12.3. The Hall–Kier alpha value is -5.68. The van der Waals surface area contributed by atoms with Crippen LogP contribution in [0.1, 0.15) is 34.7 Å². The van der Waals surface area contributed by atoms with E-state index in [0.717, 1.165) is 29.2 Å². The van der Waals surface area contributed by atoms with Crippen molar-refractivity contribution in [2.24, 2.45) is 0 Å². The molecule has 0 bridgehead atoms. The van der Waals surface area contributed by atoms with Gasteiger partial charge in [0.25, 0.3) is 0 Å². The molecule has 52 heavy (non-hydrogen) atoms. The predicted octanol–water partition coefficient (Wildman–Crippen LogP) is 14.3. The molecule has 6 aromatic carbocycles. The molecule has 0 spiro atoms. The van der Waals surface area contributed by atoms with E-state index in [1.165, 1.54) is 53.1 Å². The van der Waals surface area contributed by atoms with E-state index in [0.29, 0.717) is 0 Å². The van der Waals surface area contributed by atoms with Crippen molar-refractivity contribution >= 4 is 55.4 Å². The van der Waals surface area contributed by atoms with Gasteiger partial charge < -0.3 is 9.80 Å². The second-order valence-corrected chi connectivity index (χ2v) is 15.9. The Kier molecular flexibility index (Phi) is 8.35. The van der Waals surface area contributed by atoms with Gasteiger partial charge in [-0.15, -0.1) is 22.7 Å². The highest BCUT2D eigenvalue weighted by Gasteiger charge is 2.43. The SMILES string of the molecule is CC1(C)c2c(sc(N(c3ccccc3)c3ccccc3)c2-c2ccccc2)Cc2sc(N(c3ccccc3)c3ccccc3)c(-c3ccccc3)c21. The van der Waals surface area contributed by atoms with Crippen LogP contribution in [0.15, 0.2) is 182 Å². The van der Waals surface area contributed by atoms with E-state index in [4.69, 9.17) is 0 Å². The standard InChI is InChI=1S/C48H38N2S2/c1-48(2)44-40(51-46(42(44)34-21-9-3-10-22-34)49(36-25-13-5-14-26-36)37-27-15-6-16-28-37)33-41-45(48)43(35-23-11-4-12-24-35)47(52-41)50(38-29-17-7-18-30-38)39-31-19-8-20-32-39/h3-32H,33H2,1-2H3. The smallest absolute Gasteiger partial charge is 0.109 e. The number of thiophene rings is 2. The van der Waals surface area contributed by atoms with Gasteiger partial charge in [-0.3, -0.25) is 0 Å². The number of anilines is 6. The van der Waals surface area contributed by atoms with Gasteiger partial charge >= 0.3 is 0 Å². The third kappa shape index (κ3) is 5.56. The first kappa shape index (κ1) is 32.2. The highest BCUT2D eigenvalue weighted by molar-refractivity contribution is 7.19. The van der Waals surface area contributed by atoms with E-state index < -0.39 is 0 Å². The fourth-order valence-electron chi connectivity index (χ4n) is 7.91. The number of nitrogens with zero attached hydrogens (tertiary/aromatic N) is 2. The van der Waals surface area contributed by atoms with Gasteiger partial charge in [0, 0.05) is 55.5 Å². The molecular formula is C48H38N2S2. The molecule has 0 N–H and O–H groups in total. The van der Waals surface area contributed by atoms with Crippen molar-refractivity contribution in [3.05, 3.63) is 203 Å². The summed E-state index contributed by atoms with van der Waals surface area (Å²) in [4.78, 5) is 7.79. The molecule has 0 fully saturated rings. The quantitative estimate of drug-likeness (QED) is 0.155. The van der Waals surface area contributed by atoms with Crippen LogP contribution in [0.3, 0.4) is 0 Å². The van der Waals surface area contributed by atoms with E-state index in [2.05, 4.69) is 206 Å². The summed E-state index contributed by atoms with van der Waals surface area (Å²) in [6.45, 7) is 4.92. The average Bonchev–Trinajstić information content (AvgIpc) is 3.78. The van der Waals surface area contributed by atoms with Crippen molar-refractivity contribution in [3.8, 4) is 22.3 Å². The fourth-order valence-corrected chi connectivity index (χ4v) is 11.1. The molecule has 0 atom stereocenters. The Morgan fingerprint density at radius 1 is 0.385 bits per heavy atom. The Morgan fingerprint density at radius 2 is 0.654 bits per heavy atom. The van der Waals surface area contributed by atoms with Crippen LogP contribution in [0.5, 0.6) is 0 Å². The van der Waals surface area contributed by atoms with Gasteiger partial charge in [-0.05, 0) is 70.8 Å². The molecule has 1 aliphatic rings. The lowest BCUT2D eigenvalue weighted by molar-refractivity contribution is 0.625. The fraction of sp³-hybridized carbons (Fsp3) is 0.0833. The van der Waals surface area contributed by atoms with Crippen molar-refractivity contribution in [2.45, 2.75) is 25.7 Å². The van der Waals surface area contributed by atoms with E-state index in [-0.39, 0.29) is 5.41 Å². The molecule has 0 radical (unpaired) electrons. The van der Waals surface area contributed by atoms with Crippen molar-refractivity contribution in [1.82, 2.24) is 0 Å². The molecular weight excluding hydrogens is 669 g/mol. The number of hydrogen-bond donors (Lipinski definition) is 0. The van der Waals surface area contributed by atoms with Gasteiger partial charge in [-0.1, -0.05) is 147 Å². The van der Waals surface area contributed by atoms with Gasteiger partial charge in [0.15, 0.2) is 0 Å². The third-order valence-corrected chi connectivity index (χ3v) is 12.4. The molecule has 0 saturated heterocycles. The lowest BCUT2D eigenvalue weighted by Gasteiger charge is -2.34. The lowest BCUT2D eigenvalue weighted by Crippen LogP contribution is -2.26. The molecule has 1 aliphatic carbocycles. The molecule has 2 nitrogen and oxygen atoms in total. The first-order chi connectivity index (χ1) is 25.6. The maximum absolute atomic E-state index is 2.46. The van der Waals surface area contributed by atoms with Gasteiger partial charge in [-0.2, -0.15) is 0 Å². The Balaban J connectivity index is 1.32. The first-order valence-corrected chi connectivity index (χ1v) is 19.5. The molecule has 0 saturated carbocycles. The summed E-state index contributed by atoms with van der Waals surface area (Å²) in [5.74, 6) is 0. The second-order valence-electron chi connectivity index (χ2n) is 13.7. The minimum Gasteiger partial charge on any atom is -0.301 e. The van der Waals surface area contributed by atoms with Crippen LogP contribution in [0.4, 0.5) is 32.8 Å². The molecule has 2 heterocycles. The number of rotatable bonds is 8. The topological polar surface area (TPSA) is 6.48 Å². The molecule has 2 aromatic heterocycles. The zero-order chi connectivity index (χ0) is 35.1. The summed E-state index contributed by atoms with van der Waals surface area (Å²) >= 11 is 3.90. The third-order valence-electron chi connectivity index (χ3n) is 10.1. The molecule has 4 heteroatoms. The number of fused-ring (bicyclic) bond motifs is 2. The first-order valence-electron chi connectivity index (χ1n) is 17.8. The van der Waals surface area contributed by atoms with Crippen molar-refractivity contribution in [1.29, 1.82) is 0 Å². The number of benzene rings is 6. The largest absolute Gasteiger partial charge is 0.301 e. The van der Waals surface area contributed by atoms with Gasteiger partial charge in [0.2, 0.25) is 0 Å². The van der Waals surface area contributed by atoms with E-state index >= 15 is 0 Å². The molecule has 9 rings (SSSR count). The lowest BCUT2D eigenvalue weighted by atomic mass is 9.69. The maximum atomic E-state index is 2.46. The van der Waals surface area contributed by atoms with Crippen molar-refractivity contribution < 1.29 is 0 Å². The van der Waals surface area contributed by atoms with Gasteiger partial charge in [-0.25, -0.2) is 0 Å². The molecule has 0 aliphatic heterocycles. The Labute approximate surface area is 314 Å². The van der Waals surface area contributed by atoms with E-state index in [1.54, 1.807) is 0 Å². The average molecular weight is 707 g/mol. The normalized spacial score (nSPS) is 12.9. The van der Waals surface area contributed by atoms with Crippen LogP contribution < -0.4 is 9.80 Å². The maximum Gasteiger partial charge on any atom is 0.109 e. The van der Waals surface area contributed by atoms with Crippen molar-refractivity contribution in [3.63, 3.8) is 0 Å². The Bertz CT molecular complexity index is 2180. The number of hydrogen-bond acceptors (Lipinski definition) is 4. The molecule has 0 amide bonds. The summed E-state index contributed by atoms with van der Waals surface area (Å²) in [6, 6.07) is 65.4. The highest BCUT2D eigenvalue weighted by atomic mass is 32.1. The van der Waals surface area contributed by atoms with Crippen LogP contribution in [0, 0.1) is 0 Å². The number of para-hydroxylation sites is 4. The van der Waals surface area contributed by atoms with Crippen molar-refractivity contribution in [2.75, 3.05) is 9.80 Å². The van der Waals surface area contributed by atoms with E-state index in [9.17, 15) is 0 Å². The second kappa shape index (κ2) is 13.5. The van der Waals surface area contributed by atoms with Crippen LogP contribution in [-0.2, 0) is 11.8 Å². The monoisotopic (exact) mass is 706 g/mol. The van der Waals surface area contributed by atoms with Crippen LogP contribution in [0.25, 0.3) is 22.3 Å². The molecule has 252 valence electrons. The minimum atomic E-state index is -0.305. The summed E-state index contributed by atoms with van der Waals surface area (Å²) in [5, 5.41) is 2.52. The van der Waals surface area contributed by atoms with Crippen LogP contribution >= 0.6 is 22.7 Å². The highest BCUT2D eigenvalue weighted by Crippen LogP contribution is 2.61. The van der Waals surface area contributed by atoms with E-state index in [1.807, 2.05) is 22.7 Å². The summed E-state index contributed by atoms with van der Waals surface area (Å²) < 4.78 is 0. The predicted molar refractivity (Wildman–Crippen MR) is 224 cm³/mol. The minimum absolute atomic E-state index is 0.305. The van der Waals surface area contributed by atoms with Gasteiger partial charge in [0.05, 0.1) is 0 Å².